The Morgan fingerprint density at radius 2 is 2.21 bits per heavy atom. The van der Waals surface area contributed by atoms with E-state index in [0.29, 0.717) is 12.0 Å². The predicted molar refractivity (Wildman–Crippen MR) is 83.6 cm³/mol. The Labute approximate surface area is 118 Å². The van der Waals surface area contributed by atoms with Crippen molar-refractivity contribution in [1.82, 2.24) is 0 Å². The van der Waals surface area contributed by atoms with Crippen molar-refractivity contribution in [3.8, 4) is 0 Å². The van der Waals surface area contributed by atoms with E-state index in [0.717, 1.165) is 25.0 Å². The molecule has 1 rings (SSSR count). The summed E-state index contributed by atoms with van der Waals surface area (Å²) in [6.45, 7) is 8.58. The Morgan fingerprint density at radius 1 is 1.47 bits per heavy atom. The molecule has 0 aromatic carbocycles. The summed E-state index contributed by atoms with van der Waals surface area (Å²) in [6, 6.07) is 0.406. The summed E-state index contributed by atoms with van der Waals surface area (Å²) < 4.78 is 5.21. The van der Waals surface area contributed by atoms with Crippen molar-refractivity contribution in [2.24, 2.45) is 10.9 Å². The van der Waals surface area contributed by atoms with Crippen LogP contribution in [0.2, 0.25) is 0 Å². The van der Waals surface area contributed by atoms with E-state index in [9.17, 15) is 0 Å². The maximum Gasteiger partial charge on any atom is 0.114 e. The van der Waals surface area contributed by atoms with Crippen LogP contribution in [0.25, 0.3) is 0 Å². The standard InChI is InChI=1S/C17H27NO/c1-13(2)18-15(4)8-6-7-14(3)16-9-11-17(19-5)12-10-16/h7,9,11-13,16H,6,8,10H2,1-5H3. The minimum atomic E-state index is 0.406. The fourth-order valence-electron chi connectivity index (χ4n) is 2.26. The maximum absolute atomic E-state index is 5.21. The third-order valence-corrected chi connectivity index (χ3v) is 3.34. The molecule has 1 aliphatic carbocycles. The van der Waals surface area contributed by atoms with Gasteiger partial charge in [-0.2, -0.15) is 0 Å². The van der Waals surface area contributed by atoms with Crippen LogP contribution in [0.15, 0.2) is 40.6 Å². The van der Waals surface area contributed by atoms with Crippen LogP contribution in [0.3, 0.4) is 0 Å². The quantitative estimate of drug-likeness (QED) is 0.502. The van der Waals surface area contributed by atoms with Gasteiger partial charge in [0.1, 0.15) is 5.76 Å². The second-order valence-corrected chi connectivity index (χ2v) is 5.46. The van der Waals surface area contributed by atoms with Crippen molar-refractivity contribution in [1.29, 1.82) is 0 Å². The maximum atomic E-state index is 5.21. The first kappa shape index (κ1) is 15.7. The monoisotopic (exact) mass is 261 g/mol. The SMILES string of the molecule is COC1=CCC(C(C)=CCCC(C)=NC(C)C)C=C1. The van der Waals surface area contributed by atoms with Crippen LogP contribution in [-0.4, -0.2) is 18.9 Å². The first-order valence-electron chi connectivity index (χ1n) is 7.15. The van der Waals surface area contributed by atoms with E-state index in [-0.39, 0.29) is 0 Å². The number of allylic oxidation sites excluding steroid dienone is 5. The molecular formula is C17H27NO. The molecule has 0 heterocycles. The molecule has 0 bridgehead atoms. The minimum absolute atomic E-state index is 0.406. The zero-order valence-corrected chi connectivity index (χ0v) is 12.9. The van der Waals surface area contributed by atoms with Gasteiger partial charge in [-0.25, -0.2) is 0 Å². The number of aliphatic imine (C=N–C) groups is 1. The van der Waals surface area contributed by atoms with Crippen molar-refractivity contribution >= 4 is 5.71 Å². The number of hydrogen-bond donors (Lipinski definition) is 0. The summed E-state index contributed by atoms with van der Waals surface area (Å²) in [5.41, 5.74) is 2.69. The van der Waals surface area contributed by atoms with E-state index in [4.69, 9.17) is 4.74 Å². The zero-order chi connectivity index (χ0) is 14.3. The van der Waals surface area contributed by atoms with Gasteiger partial charge >= 0.3 is 0 Å². The molecule has 1 atom stereocenters. The van der Waals surface area contributed by atoms with Crippen LogP contribution in [0, 0.1) is 5.92 Å². The normalized spacial score (nSPS) is 20.7. The molecule has 0 saturated carbocycles. The van der Waals surface area contributed by atoms with Gasteiger partial charge in [0.05, 0.1) is 7.11 Å². The third kappa shape index (κ3) is 5.91. The number of nitrogens with zero attached hydrogens (tertiary/aromatic N) is 1. The van der Waals surface area contributed by atoms with Crippen LogP contribution in [0.4, 0.5) is 0 Å². The Kier molecular flexibility index (Phi) is 6.61. The molecule has 1 unspecified atom stereocenters. The Morgan fingerprint density at radius 3 is 2.74 bits per heavy atom. The molecule has 1 aliphatic rings. The van der Waals surface area contributed by atoms with Gasteiger partial charge in [0.25, 0.3) is 0 Å². The molecule has 0 amide bonds. The molecule has 0 radical (unpaired) electrons. The van der Waals surface area contributed by atoms with Gasteiger partial charge in [-0.15, -0.1) is 0 Å². The highest BCUT2D eigenvalue weighted by Gasteiger charge is 2.10. The summed E-state index contributed by atoms with van der Waals surface area (Å²) in [5.74, 6) is 1.50. The van der Waals surface area contributed by atoms with E-state index >= 15 is 0 Å². The smallest absolute Gasteiger partial charge is 0.114 e. The van der Waals surface area contributed by atoms with Gasteiger partial charge in [0.15, 0.2) is 0 Å². The van der Waals surface area contributed by atoms with Crippen LogP contribution < -0.4 is 0 Å². The lowest BCUT2D eigenvalue weighted by Crippen LogP contribution is -2.03. The number of methoxy groups -OCH3 is 1. The molecule has 106 valence electrons. The summed E-state index contributed by atoms with van der Waals surface area (Å²) in [4.78, 5) is 4.56. The van der Waals surface area contributed by atoms with Crippen LogP contribution in [0.1, 0.15) is 47.0 Å². The van der Waals surface area contributed by atoms with Gasteiger partial charge < -0.3 is 4.74 Å². The summed E-state index contributed by atoms with van der Waals surface area (Å²) >= 11 is 0. The van der Waals surface area contributed by atoms with Crippen LogP contribution in [-0.2, 0) is 4.74 Å². The van der Waals surface area contributed by atoms with Crippen LogP contribution in [0.5, 0.6) is 0 Å². The summed E-state index contributed by atoms with van der Waals surface area (Å²) in [7, 11) is 1.72. The zero-order valence-electron chi connectivity index (χ0n) is 12.9. The fourth-order valence-corrected chi connectivity index (χ4v) is 2.26. The van der Waals surface area contributed by atoms with E-state index in [2.05, 4.69) is 57.0 Å². The Balaban J connectivity index is 2.43. The molecule has 0 aromatic rings. The molecular weight excluding hydrogens is 234 g/mol. The second-order valence-electron chi connectivity index (χ2n) is 5.46. The van der Waals surface area contributed by atoms with E-state index in [1.165, 1.54) is 11.3 Å². The molecule has 0 saturated heterocycles. The fraction of sp³-hybridized carbons (Fsp3) is 0.588. The highest BCUT2D eigenvalue weighted by molar-refractivity contribution is 5.82. The largest absolute Gasteiger partial charge is 0.497 e. The third-order valence-electron chi connectivity index (χ3n) is 3.34. The first-order chi connectivity index (χ1) is 9.02. The molecule has 2 heteroatoms. The van der Waals surface area contributed by atoms with Gasteiger partial charge in [-0.05, 0) is 59.1 Å². The Hall–Kier alpha value is -1.31. The lowest BCUT2D eigenvalue weighted by Gasteiger charge is -2.16. The summed E-state index contributed by atoms with van der Waals surface area (Å²) in [5, 5.41) is 0. The van der Waals surface area contributed by atoms with Crippen molar-refractivity contribution in [3.05, 3.63) is 35.6 Å². The van der Waals surface area contributed by atoms with E-state index in [1.54, 1.807) is 7.11 Å². The van der Waals surface area contributed by atoms with Crippen molar-refractivity contribution in [2.45, 2.75) is 53.0 Å². The lowest BCUT2D eigenvalue weighted by atomic mass is 9.92. The molecule has 19 heavy (non-hydrogen) atoms. The van der Waals surface area contributed by atoms with Gasteiger partial charge in [0, 0.05) is 17.7 Å². The lowest BCUT2D eigenvalue weighted by molar-refractivity contribution is 0.302. The van der Waals surface area contributed by atoms with Crippen molar-refractivity contribution in [2.75, 3.05) is 7.11 Å². The molecule has 0 aromatic heterocycles. The number of rotatable bonds is 6. The van der Waals surface area contributed by atoms with Gasteiger partial charge in [-0.1, -0.05) is 17.7 Å². The number of hydrogen-bond acceptors (Lipinski definition) is 2. The van der Waals surface area contributed by atoms with Crippen molar-refractivity contribution in [3.63, 3.8) is 0 Å². The highest BCUT2D eigenvalue weighted by Crippen LogP contribution is 2.23. The van der Waals surface area contributed by atoms with E-state index < -0.39 is 0 Å². The second kappa shape index (κ2) is 7.98. The van der Waals surface area contributed by atoms with Crippen molar-refractivity contribution < 1.29 is 4.74 Å². The molecule has 0 aliphatic heterocycles. The molecule has 2 nitrogen and oxygen atoms in total. The Bertz CT molecular complexity index is 399. The first-order valence-corrected chi connectivity index (χ1v) is 7.15. The van der Waals surface area contributed by atoms with Gasteiger partial charge in [0.2, 0.25) is 0 Å². The highest BCUT2D eigenvalue weighted by atomic mass is 16.5. The average molecular weight is 261 g/mol. The van der Waals surface area contributed by atoms with Crippen LogP contribution >= 0.6 is 0 Å². The van der Waals surface area contributed by atoms with E-state index in [1.807, 2.05) is 0 Å². The molecule has 0 fully saturated rings. The molecule has 0 spiro atoms. The van der Waals surface area contributed by atoms with Gasteiger partial charge in [-0.3, -0.25) is 4.99 Å². The predicted octanol–water partition coefficient (Wildman–Crippen LogP) is 4.69. The summed E-state index contributed by atoms with van der Waals surface area (Å²) in [6.07, 6.45) is 12.0. The topological polar surface area (TPSA) is 21.6 Å². The average Bonchev–Trinajstić information content (AvgIpc) is 2.37. The minimum Gasteiger partial charge on any atom is -0.497 e. The number of ether oxygens (including phenoxy) is 1. The molecule has 0 N–H and O–H groups in total.